The number of hydrogen-bond donors (Lipinski definition) is 1. The Morgan fingerprint density at radius 2 is 2.00 bits per heavy atom. The zero-order valence-electron chi connectivity index (χ0n) is 8.45. The van der Waals surface area contributed by atoms with E-state index in [-0.39, 0.29) is 5.41 Å². The summed E-state index contributed by atoms with van der Waals surface area (Å²) in [5.74, 6) is 0.568. The van der Waals surface area contributed by atoms with E-state index in [9.17, 15) is 0 Å². The number of nitrogens with two attached hydrogens (primary N) is 1. The predicted octanol–water partition coefficient (Wildman–Crippen LogP) is 2.85. The topological polar surface area (TPSA) is 26.0 Å². The van der Waals surface area contributed by atoms with Gasteiger partial charge >= 0.3 is 0 Å². The maximum absolute atomic E-state index is 6.28. The zero-order valence-corrected chi connectivity index (χ0v) is 9.20. The van der Waals surface area contributed by atoms with Crippen LogP contribution < -0.4 is 5.73 Å². The maximum atomic E-state index is 6.28. The first-order chi connectivity index (χ1) is 5.87. The molecule has 13 heavy (non-hydrogen) atoms. The molecule has 0 bridgehead atoms. The SMILES string of the molecule is CC12CC3C(Cl)=C(N)C(C)(C1)C32C. The van der Waals surface area contributed by atoms with Gasteiger partial charge in [0.1, 0.15) is 0 Å². The monoisotopic (exact) mass is 197 g/mol. The van der Waals surface area contributed by atoms with Gasteiger partial charge in [-0.25, -0.2) is 0 Å². The third-order valence-electron chi connectivity index (χ3n) is 5.65. The van der Waals surface area contributed by atoms with Crippen LogP contribution in [0.1, 0.15) is 33.6 Å². The van der Waals surface area contributed by atoms with Crippen LogP contribution in [0.5, 0.6) is 0 Å². The van der Waals surface area contributed by atoms with Crippen molar-refractivity contribution in [2.24, 2.45) is 27.9 Å². The third-order valence-corrected chi connectivity index (χ3v) is 6.12. The molecule has 3 aliphatic rings. The van der Waals surface area contributed by atoms with E-state index in [1.165, 1.54) is 12.8 Å². The van der Waals surface area contributed by atoms with Crippen molar-refractivity contribution in [1.29, 1.82) is 0 Å². The van der Waals surface area contributed by atoms with Gasteiger partial charge in [0.05, 0.1) is 0 Å². The van der Waals surface area contributed by atoms with Crippen molar-refractivity contribution in [2.45, 2.75) is 33.6 Å². The Kier molecular flexibility index (Phi) is 1.05. The summed E-state index contributed by atoms with van der Waals surface area (Å²) in [4.78, 5) is 0. The van der Waals surface area contributed by atoms with Crippen molar-refractivity contribution in [3.63, 3.8) is 0 Å². The van der Waals surface area contributed by atoms with Gasteiger partial charge in [0, 0.05) is 22.1 Å². The van der Waals surface area contributed by atoms with Crippen LogP contribution in [0.2, 0.25) is 0 Å². The fourth-order valence-electron chi connectivity index (χ4n) is 4.49. The lowest BCUT2D eigenvalue weighted by Gasteiger charge is -2.76. The highest BCUT2D eigenvalue weighted by Gasteiger charge is 2.80. The molecule has 3 aliphatic carbocycles. The minimum absolute atomic E-state index is 0.210. The highest BCUT2D eigenvalue weighted by atomic mass is 35.5. The second-order valence-corrected chi connectivity index (χ2v) is 6.20. The van der Waals surface area contributed by atoms with E-state index in [0.29, 0.717) is 16.7 Å². The van der Waals surface area contributed by atoms with E-state index in [1.807, 2.05) is 0 Å². The van der Waals surface area contributed by atoms with Gasteiger partial charge < -0.3 is 5.73 Å². The van der Waals surface area contributed by atoms with Gasteiger partial charge in [0.15, 0.2) is 0 Å². The normalized spacial score (nSPS) is 62.9. The van der Waals surface area contributed by atoms with Gasteiger partial charge in [-0.05, 0) is 23.7 Å². The van der Waals surface area contributed by atoms with Crippen molar-refractivity contribution in [2.75, 3.05) is 0 Å². The molecule has 0 aromatic rings. The first kappa shape index (κ1) is 8.16. The van der Waals surface area contributed by atoms with Crippen LogP contribution in [0.3, 0.4) is 0 Å². The third kappa shape index (κ3) is 0.479. The van der Waals surface area contributed by atoms with Crippen LogP contribution in [0.4, 0.5) is 0 Å². The highest BCUT2D eigenvalue weighted by molar-refractivity contribution is 6.30. The molecule has 3 rings (SSSR count). The number of halogens is 1. The summed E-state index contributed by atoms with van der Waals surface area (Å²) in [5, 5.41) is 0.972. The molecule has 1 nitrogen and oxygen atoms in total. The molecule has 0 spiro atoms. The molecule has 0 aromatic heterocycles. The van der Waals surface area contributed by atoms with Crippen molar-refractivity contribution in [1.82, 2.24) is 0 Å². The fourth-order valence-corrected chi connectivity index (χ4v) is 4.99. The lowest BCUT2D eigenvalue weighted by molar-refractivity contribution is -0.265. The molecule has 0 heterocycles. The van der Waals surface area contributed by atoms with Crippen molar-refractivity contribution < 1.29 is 0 Å². The zero-order chi connectivity index (χ0) is 9.65. The molecule has 4 unspecified atom stereocenters. The minimum Gasteiger partial charge on any atom is -0.401 e. The number of hydrogen-bond acceptors (Lipinski definition) is 1. The fraction of sp³-hybridized carbons (Fsp3) is 0.818. The molecular formula is C11H16ClN. The van der Waals surface area contributed by atoms with E-state index in [4.69, 9.17) is 17.3 Å². The molecule has 0 radical (unpaired) electrons. The van der Waals surface area contributed by atoms with E-state index in [0.717, 1.165) is 10.7 Å². The summed E-state index contributed by atoms with van der Waals surface area (Å²) in [7, 11) is 0. The van der Waals surface area contributed by atoms with Crippen LogP contribution in [0.25, 0.3) is 0 Å². The van der Waals surface area contributed by atoms with E-state index in [1.54, 1.807) is 0 Å². The molecule has 72 valence electrons. The Hall–Kier alpha value is -0.170. The predicted molar refractivity (Wildman–Crippen MR) is 54.1 cm³/mol. The van der Waals surface area contributed by atoms with Crippen molar-refractivity contribution in [3.8, 4) is 0 Å². The average Bonchev–Trinajstić information content (AvgIpc) is 2.16. The largest absolute Gasteiger partial charge is 0.401 e. The Bertz CT molecular complexity index is 348. The molecule has 4 atom stereocenters. The molecule has 2 N–H and O–H groups in total. The lowest BCUT2D eigenvalue weighted by Crippen LogP contribution is -2.70. The molecule has 2 saturated carbocycles. The number of rotatable bonds is 0. The summed E-state index contributed by atoms with van der Waals surface area (Å²) in [6, 6.07) is 0. The van der Waals surface area contributed by atoms with E-state index in [2.05, 4.69) is 20.8 Å². The Labute approximate surface area is 84.3 Å². The van der Waals surface area contributed by atoms with E-state index < -0.39 is 0 Å². The highest BCUT2D eigenvalue weighted by Crippen LogP contribution is 2.87. The van der Waals surface area contributed by atoms with Gasteiger partial charge in [-0.15, -0.1) is 0 Å². The summed E-state index contributed by atoms with van der Waals surface area (Å²) >= 11 is 6.28. The molecule has 0 saturated heterocycles. The first-order valence-electron chi connectivity index (χ1n) is 5.02. The quantitative estimate of drug-likeness (QED) is 0.635. The van der Waals surface area contributed by atoms with Crippen LogP contribution >= 0.6 is 11.6 Å². The average molecular weight is 198 g/mol. The van der Waals surface area contributed by atoms with Gasteiger partial charge in [-0.1, -0.05) is 32.4 Å². The lowest BCUT2D eigenvalue weighted by atomic mass is 9.28. The number of allylic oxidation sites excluding steroid dienone is 2. The summed E-state index contributed by atoms with van der Waals surface area (Å²) in [6.07, 6.45) is 2.48. The minimum atomic E-state index is 0.210. The van der Waals surface area contributed by atoms with Gasteiger partial charge in [0.25, 0.3) is 0 Å². The smallest absolute Gasteiger partial charge is 0.0410 e. The molecule has 0 amide bonds. The molecule has 2 heteroatoms. The summed E-state index contributed by atoms with van der Waals surface area (Å²) < 4.78 is 0. The van der Waals surface area contributed by atoms with Crippen LogP contribution in [0.15, 0.2) is 10.7 Å². The van der Waals surface area contributed by atoms with Crippen LogP contribution in [-0.4, -0.2) is 0 Å². The molecule has 2 fully saturated rings. The molecular weight excluding hydrogens is 182 g/mol. The molecule has 0 aliphatic heterocycles. The van der Waals surface area contributed by atoms with Crippen molar-refractivity contribution >= 4 is 11.6 Å². The second-order valence-electron chi connectivity index (χ2n) is 5.79. The summed E-state index contributed by atoms with van der Waals surface area (Å²) in [5.41, 5.74) is 8.20. The Balaban J connectivity index is 2.18. The Morgan fingerprint density at radius 1 is 1.38 bits per heavy atom. The second kappa shape index (κ2) is 1.67. The van der Waals surface area contributed by atoms with Crippen LogP contribution in [0, 0.1) is 22.2 Å². The van der Waals surface area contributed by atoms with E-state index >= 15 is 0 Å². The first-order valence-corrected chi connectivity index (χ1v) is 5.40. The summed E-state index contributed by atoms with van der Waals surface area (Å²) in [6.45, 7) is 7.03. The standard InChI is InChI=1S/C11H16ClN/c1-9-4-6-7(12)8(13)10(2,5-9)11(6,9)3/h6H,4-5,13H2,1-3H3. The van der Waals surface area contributed by atoms with Gasteiger partial charge in [-0.3, -0.25) is 0 Å². The van der Waals surface area contributed by atoms with Crippen LogP contribution in [-0.2, 0) is 0 Å². The van der Waals surface area contributed by atoms with Crippen molar-refractivity contribution in [3.05, 3.63) is 10.7 Å². The van der Waals surface area contributed by atoms with Gasteiger partial charge in [-0.2, -0.15) is 0 Å². The maximum Gasteiger partial charge on any atom is 0.0410 e. The van der Waals surface area contributed by atoms with Gasteiger partial charge in [0.2, 0.25) is 0 Å². The Morgan fingerprint density at radius 3 is 2.38 bits per heavy atom. The molecule has 0 aromatic carbocycles.